The van der Waals surface area contributed by atoms with Gasteiger partial charge in [0.05, 0.1) is 7.11 Å². The third kappa shape index (κ3) is 2.84. The van der Waals surface area contributed by atoms with E-state index in [2.05, 4.69) is 11.5 Å². The summed E-state index contributed by atoms with van der Waals surface area (Å²) in [4.78, 5) is 13.7. The number of rotatable bonds is 4. The zero-order valence-corrected chi connectivity index (χ0v) is 8.87. The van der Waals surface area contributed by atoms with Crippen LogP contribution in [0.2, 0.25) is 0 Å². The second-order valence-electron chi connectivity index (χ2n) is 3.66. The number of carbonyl (C=O) groups is 1. The quantitative estimate of drug-likeness (QED) is 0.506. The summed E-state index contributed by atoms with van der Waals surface area (Å²) < 4.78 is 4.79. The molecule has 0 unspecified atom stereocenters. The highest BCUT2D eigenvalue weighted by Crippen LogP contribution is 2.15. The number of carbonyl (C=O) groups excluding carboxylic acids is 1. The molecule has 1 atom stereocenters. The van der Waals surface area contributed by atoms with Crippen molar-refractivity contribution in [3.05, 3.63) is 12.7 Å². The summed E-state index contributed by atoms with van der Waals surface area (Å²) in [6.07, 6.45) is 6.12. The van der Waals surface area contributed by atoms with Crippen LogP contribution in [0.15, 0.2) is 12.7 Å². The largest absolute Gasteiger partial charge is 0.468 e. The maximum absolute atomic E-state index is 11.5. The summed E-state index contributed by atoms with van der Waals surface area (Å²) >= 11 is 0. The van der Waals surface area contributed by atoms with Gasteiger partial charge in [-0.15, -0.1) is 6.58 Å². The summed E-state index contributed by atoms with van der Waals surface area (Å²) in [5, 5.41) is 0. The van der Waals surface area contributed by atoms with E-state index in [1.54, 1.807) is 6.08 Å². The van der Waals surface area contributed by atoms with E-state index < -0.39 is 0 Å². The Kier molecular flexibility index (Phi) is 4.66. The van der Waals surface area contributed by atoms with Crippen molar-refractivity contribution in [3.8, 4) is 0 Å². The number of piperidine rings is 1. The molecule has 1 heterocycles. The fraction of sp³-hybridized carbons (Fsp3) is 0.727. The van der Waals surface area contributed by atoms with Crippen LogP contribution in [-0.4, -0.2) is 37.1 Å². The van der Waals surface area contributed by atoms with Crippen LogP contribution < -0.4 is 0 Å². The number of hydrogen-bond donors (Lipinski definition) is 0. The lowest BCUT2D eigenvalue weighted by atomic mass is 10.1. The molecule has 0 N–H and O–H groups in total. The van der Waals surface area contributed by atoms with Crippen LogP contribution >= 0.6 is 0 Å². The summed E-state index contributed by atoms with van der Waals surface area (Å²) in [7, 11) is 1.45. The Hall–Kier alpha value is -0.830. The molecule has 1 rings (SSSR count). The molecule has 1 fully saturated rings. The van der Waals surface area contributed by atoms with Crippen molar-refractivity contribution in [1.29, 1.82) is 0 Å². The van der Waals surface area contributed by atoms with Crippen molar-refractivity contribution in [2.45, 2.75) is 31.7 Å². The van der Waals surface area contributed by atoms with E-state index in [9.17, 15) is 4.79 Å². The topological polar surface area (TPSA) is 29.5 Å². The van der Waals surface area contributed by atoms with Gasteiger partial charge in [0, 0.05) is 0 Å². The number of likely N-dealkylation sites (tertiary alicyclic amines) is 1. The van der Waals surface area contributed by atoms with Gasteiger partial charge in [-0.25, -0.2) is 0 Å². The maximum Gasteiger partial charge on any atom is 0.323 e. The molecule has 1 saturated heterocycles. The number of methoxy groups -OCH3 is 1. The molecule has 0 aromatic heterocycles. The molecule has 0 aromatic carbocycles. The molecule has 1 aliphatic rings. The van der Waals surface area contributed by atoms with E-state index in [4.69, 9.17) is 4.74 Å². The van der Waals surface area contributed by atoms with Crippen LogP contribution in [0, 0.1) is 0 Å². The monoisotopic (exact) mass is 197 g/mol. The third-order valence-electron chi connectivity index (χ3n) is 2.69. The molecule has 0 bridgehead atoms. The van der Waals surface area contributed by atoms with E-state index in [0.29, 0.717) is 6.42 Å². The van der Waals surface area contributed by atoms with Gasteiger partial charge < -0.3 is 4.74 Å². The van der Waals surface area contributed by atoms with Gasteiger partial charge in [-0.05, 0) is 32.4 Å². The predicted molar refractivity (Wildman–Crippen MR) is 56.0 cm³/mol. The van der Waals surface area contributed by atoms with Crippen molar-refractivity contribution < 1.29 is 9.53 Å². The Morgan fingerprint density at radius 3 is 2.64 bits per heavy atom. The van der Waals surface area contributed by atoms with Crippen molar-refractivity contribution in [2.24, 2.45) is 0 Å². The molecule has 80 valence electrons. The van der Waals surface area contributed by atoms with Gasteiger partial charge in [0.1, 0.15) is 6.04 Å². The summed E-state index contributed by atoms with van der Waals surface area (Å²) in [6, 6.07) is -0.113. The highest BCUT2D eigenvalue weighted by atomic mass is 16.5. The minimum atomic E-state index is -0.133. The predicted octanol–water partition coefficient (Wildman–Crippen LogP) is 1.59. The standard InChI is InChI=1S/C11H19NO2/c1-3-7-10(11(13)14-2)12-8-5-4-6-9-12/h3,10H,1,4-9H2,2H3/t10-/m0/s1. The Labute approximate surface area is 85.7 Å². The highest BCUT2D eigenvalue weighted by molar-refractivity contribution is 5.75. The van der Waals surface area contributed by atoms with Crippen molar-refractivity contribution in [3.63, 3.8) is 0 Å². The Balaban J connectivity index is 2.55. The fourth-order valence-corrected chi connectivity index (χ4v) is 1.92. The minimum Gasteiger partial charge on any atom is -0.468 e. The van der Waals surface area contributed by atoms with Crippen LogP contribution in [0.4, 0.5) is 0 Å². The van der Waals surface area contributed by atoms with Gasteiger partial charge in [0.2, 0.25) is 0 Å². The first-order valence-electron chi connectivity index (χ1n) is 5.22. The van der Waals surface area contributed by atoms with Crippen molar-refractivity contribution in [1.82, 2.24) is 4.90 Å². The molecule has 0 amide bonds. The lowest BCUT2D eigenvalue weighted by Gasteiger charge is -2.32. The maximum atomic E-state index is 11.5. The van der Waals surface area contributed by atoms with Crippen molar-refractivity contribution >= 4 is 5.97 Å². The summed E-state index contributed by atoms with van der Waals surface area (Å²) in [5.41, 5.74) is 0. The lowest BCUT2D eigenvalue weighted by Crippen LogP contribution is -2.44. The van der Waals surface area contributed by atoms with Gasteiger partial charge >= 0.3 is 5.97 Å². The third-order valence-corrected chi connectivity index (χ3v) is 2.69. The summed E-state index contributed by atoms with van der Waals surface area (Å²) in [6.45, 7) is 5.69. The highest BCUT2D eigenvalue weighted by Gasteiger charge is 2.26. The van der Waals surface area contributed by atoms with Crippen LogP contribution in [0.5, 0.6) is 0 Å². The van der Waals surface area contributed by atoms with Crippen LogP contribution in [0.1, 0.15) is 25.7 Å². The Bertz CT molecular complexity index is 197. The average Bonchev–Trinajstić information content (AvgIpc) is 2.26. The second kappa shape index (κ2) is 5.81. The molecule has 0 spiro atoms. The molecule has 0 aromatic rings. The van der Waals surface area contributed by atoms with E-state index in [1.165, 1.54) is 26.4 Å². The lowest BCUT2D eigenvalue weighted by molar-refractivity contribution is -0.147. The van der Waals surface area contributed by atoms with Gasteiger partial charge in [0.25, 0.3) is 0 Å². The second-order valence-corrected chi connectivity index (χ2v) is 3.66. The molecule has 3 nitrogen and oxygen atoms in total. The first kappa shape index (κ1) is 11.2. The van der Waals surface area contributed by atoms with Gasteiger partial charge in [-0.3, -0.25) is 9.69 Å². The smallest absolute Gasteiger partial charge is 0.323 e. The van der Waals surface area contributed by atoms with E-state index in [1.807, 2.05) is 0 Å². The fourth-order valence-electron chi connectivity index (χ4n) is 1.92. The van der Waals surface area contributed by atoms with Gasteiger partial charge in [0.15, 0.2) is 0 Å². The van der Waals surface area contributed by atoms with E-state index >= 15 is 0 Å². The number of ether oxygens (including phenoxy) is 1. The van der Waals surface area contributed by atoms with E-state index in [0.717, 1.165) is 13.1 Å². The first-order valence-corrected chi connectivity index (χ1v) is 5.22. The zero-order valence-electron chi connectivity index (χ0n) is 8.87. The molecule has 1 aliphatic heterocycles. The molecule has 3 heteroatoms. The first-order chi connectivity index (χ1) is 6.79. The SMILES string of the molecule is C=CC[C@@H](C(=O)OC)N1CCCCC1. The van der Waals surface area contributed by atoms with E-state index in [-0.39, 0.29) is 12.0 Å². The van der Waals surface area contributed by atoms with Crippen molar-refractivity contribution in [2.75, 3.05) is 20.2 Å². The number of hydrogen-bond acceptors (Lipinski definition) is 3. The summed E-state index contributed by atoms with van der Waals surface area (Å²) in [5.74, 6) is -0.133. The molecule has 14 heavy (non-hydrogen) atoms. The molecule has 0 saturated carbocycles. The van der Waals surface area contributed by atoms with Gasteiger partial charge in [-0.1, -0.05) is 12.5 Å². The molecule has 0 aliphatic carbocycles. The van der Waals surface area contributed by atoms with Crippen LogP contribution in [-0.2, 0) is 9.53 Å². The molecular weight excluding hydrogens is 178 g/mol. The average molecular weight is 197 g/mol. The zero-order chi connectivity index (χ0) is 10.4. The van der Waals surface area contributed by atoms with Crippen LogP contribution in [0.25, 0.3) is 0 Å². The number of esters is 1. The Morgan fingerprint density at radius 1 is 1.50 bits per heavy atom. The van der Waals surface area contributed by atoms with Gasteiger partial charge in [-0.2, -0.15) is 0 Å². The number of nitrogens with zero attached hydrogens (tertiary/aromatic N) is 1. The molecule has 0 radical (unpaired) electrons. The normalized spacial score (nSPS) is 20.1. The molecular formula is C11H19NO2. The minimum absolute atomic E-state index is 0.113. The van der Waals surface area contributed by atoms with Crippen LogP contribution in [0.3, 0.4) is 0 Å². The Morgan fingerprint density at radius 2 is 2.14 bits per heavy atom.